The van der Waals surface area contributed by atoms with E-state index in [0.717, 1.165) is 11.3 Å². The molecule has 0 bridgehead atoms. The predicted molar refractivity (Wildman–Crippen MR) is 80.1 cm³/mol. The first-order chi connectivity index (χ1) is 9.95. The number of carbonyl (C=O) groups is 1. The van der Waals surface area contributed by atoms with Crippen LogP contribution >= 0.6 is 22.7 Å². The fourth-order valence-corrected chi connectivity index (χ4v) is 4.68. The molecule has 1 atom stereocenters. The van der Waals surface area contributed by atoms with Gasteiger partial charge in [-0.3, -0.25) is 0 Å². The largest absolute Gasteiger partial charge is 0.465 e. The van der Waals surface area contributed by atoms with Gasteiger partial charge in [0, 0.05) is 6.54 Å². The zero-order valence-electron chi connectivity index (χ0n) is 11.0. The van der Waals surface area contributed by atoms with Crippen LogP contribution in [0.1, 0.15) is 21.3 Å². The molecule has 114 valence electrons. The molecule has 2 aromatic rings. The van der Waals surface area contributed by atoms with Crippen LogP contribution in [0.4, 0.5) is 0 Å². The summed E-state index contributed by atoms with van der Waals surface area (Å²) in [4.78, 5) is 11.4. The van der Waals surface area contributed by atoms with E-state index < -0.39 is 22.1 Å². The predicted octanol–water partition coefficient (Wildman–Crippen LogP) is 1.61. The number of nitrogens with one attached hydrogen (secondary N) is 1. The summed E-state index contributed by atoms with van der Waals surface area (Å²) in [5.41, 5.74) is 0.640. The standard InChI is InChI=1S/C12H13NO5S3/c1-18-12(15)11-10(3-5-20-11)21(16,17)13-6-9(14)8-2-4-19-7-8/h2-5,7,9,13-14H,6H2,1H3. The van der Waals surface area contributed by atoms with Gasteiger partial charge in [0.05, 0.1) is 13.2 Å². The summed E-state index contributed by atoms with van der Waals surface area (Å²) in [6, 6.07) is 3.05. The summed E-state index contributed by atoms with van der Waals surface area (Å²) in [7, 11) is -2.70. The maximum Gasteiger partial charge on any atom is 0.349 e. The molecule has 1 unspecified atom stereocenters. The van der Waals surface area contributed by atoms with Gasteiger partial charge in [-0.05, 0) is 33.8 Å². The highest BCUT2D eigenvalue weighted by Gasteiger charge is 2.25. The van der Waals surface area contributed by atoms with Crippen LogP contribution < -0.4 is 4.72 Å². The lowest BCUT2D eigenvalue weighted by molar-refractivity contribution is 0.0602. The van der Waals surface area contributed by atoms with Crippen LogP contribution in [-0.2, 0) is 14.8 Å². The van der Waals surface area contributed by atoms with Crippen LogP contribution in [0.5, 0.6) is 0 Å². The van der Waals surface area contributed by atoms with E-state index in [1.165, 1.54) is 29.9 Å². The highest BCUT2D eigenvalue weighted by Crippen LogP contribution is 2.23. The van der Waals surface area contributed by atoms with Gasteiger partial charge in [-0.1, -0.05) is 0 Å². The van der Waals surface area contributed by atoms with Crippen molar-refractivity contribution in [2.24, 2.45) is 0 Å². The van der Waals surface area contributed by atoms with Crippen molar-refractivity contribution >= 4 is 38.7 Å². The Bertz CT molecular complexity index is 705. The van der Waals surface area contributed by atoms with Gasteiger partial charge in [0.2, 0.25) is 10.0 Å². The van der Waals surface area contributed by atoms with Gasteiger partial charge in [0.25, 0.3) is 0 Å². The van der Waals surface area contributed by atoms with Gasteiger partial charge < -0.3 is 9.84 Å². The third kappa shape index (κ3) is 3.69. The molecule has 9 heteroatoms. The Labute approximate surface area is 130 Å². The summed E-state index contributed by atoms with van der Waals surface area (Å²) >= 11 is 2.40. The second kappa shape index (κ2) is 6.67. The van der Waals surface area contributed by atoms with Crippen LogP contribution in [0, 0.1) is 0 Å². The summed E-state index contributed by atoms with van der Waals surface area (Å²) < 4.78 is 31.2. The Morgan fingerprint density at radius 3 is 2.81 bits per heavy atom. The summed E-state index contributed by atoms with van der Waals surface area (Å²) in [5, 5.41) is 14.9. The van der Waals surface area contributed by atoms with Crippen LogP contribution in [0.2, 0.25) is 0 Å². The number of aliphatic hydroxyl groups is 1. The molecule has 0 aromatic carbocycles. The molecule has 0 radical (unpaired) electrons. The van der Waals surface area contributed by atoms with Gasteiger partial charge in [0.15, 0.2) is 0 Å². The minimum Gasteiger partial charge on any atom is -0.465 e. The molecule has 6 nitrogen and oxygen atoms in total. The number of hydrogen-bond acceptors (Lipinski definition) is 7. The van der Waals surface area contributed by atoms with Crippen molar-refractivity contribution in [3.8, 4) is 0 Å². The monoisotopic (exact) mass is 347 g/mol. The zero-order valence-corrected chi connectivity index (χ0v) is 13.4. The van der Waals surface area contributed by atoms with E-state index in [1.54, 1.807) is 16.8 Å². The molecule has 2 aromatic heterocycles. The van der Waals surface area contributed by atoms with Crippen LogP contribution in [0.25, 0.3) is 0 Å². The zero-order chi connectivity index (χ0) is 15.5. The average Bonchev–Trinajstić information content (AvgIpc) is 3.14. The summed E-state index contributed by atoms with van der Waals surface area (Å²) in [5.74, 6) is -0.705. The third-order valence-corrected chi connectivity index (χ3v) is 5.88. The molecule has 0 spiro atoms. The highest BCUT2D eigenvalue weighted by molar-refractivity contribution is 7.89. The number of rotatable bonds is 6. The minimum absolute atomic E-state index is 0.00928. The first kappa shape index (κ1) is 16.1. The molecule has 2 heterocycles. The van der Waals surface area contributed by atoms with Gasteiger partial charge >= 0.3 is 5.97 Å². The lowest BCUT2D eigenvalue weighted by atomic mass is 10.2. The van der Waals surface area contributed by atoms with Crippen LogP contribution in [-0.4, -0.2) is 33.1 Å². The Hall–Kier alpha value is -1.26. The Balaban J connectivity index is 2.12. The first-order valence-electron chi connectivity index (χ1n) is 5.81. The molecule has 0 aliphatic rings. The molecule has 0 aliphatic carbocycles. The molecule has 0 amide bonds. The highest BCUT2D eigenvalue weighted by atomic mass is 32.2. The number of hydrogen-bond donors (Lipinski definition) is 2. The van der Waals surface area contributed by atoms with Gasteiger partial charge in [-0.15, -0.1) is 11.3 Å². The van der Waals surface area contributed by atoms with Gasteiger partial charge in [0.1, 0.15) is 9.77 Å². The lowest BCUT2D eigenvalue weighted by Crippen LogP contribution is -2.29. The minimum atomic E-state index is -3.89. The van der Waals surface area contributed by atoms with Gasteiger partial charge in [-0.2, -0.15) is 11.3 Å². The second-order valence-electron chi connectivity index (χ2n) is 4.03. The van der Waals surface area contributed by atoms with Gasteiger partial charge in [-0.25, -0.2) is 17.9 Å². The van der Waals surface area contributed by atoms with Crippen molar-refractivity contribution in [2.45, 2.75) is 11.0 Å². The molecule has 0 saturated heterocycles. The van der Waals surface area contributed by atoms with Crippen molar-refractivity contribution in [1.82, 2.24) is 4.72 Å². The van der Waals surface area contributed by atoms with E-state index in [1.807, 2.05) is 0 Å². The van der Waals surface area contributed by atoms with E-state index in [2.05, 4.69) is 9.46 Å². The molecular weight excluding hydrogens is 334 g/mol. The van der Waals surface area contributed by atoms with E-state index in [0.29, 0.717) is 5.56 Å². The Kier molecular flexibility index (Phi) is 5.12. The maximum absolute atomic E-state index is 12.2. The molecule has 0 aliphatic heterocycles. The fraction of sp³-hybridized carbons (Fsp3) is 0.250. The van der Waals surface area contributed by atoms with Crippen LogP contribution in [0.15, 0.2) is 33.2 Å². The second-order valence-corrected chi connectivity index (χ2v) is 7.46. The SMILES string of the molecule is COC(=O)c1sccc1S(=O)(=O)NCC(O)c1ccsc1. The number of thiophene rings is 2. The Morgan fingerprint density at radius 1 is 1.43 bits per heavy atom. The van der Waals surface area contributed by atoms with Crippen molar-refractivity contribution in [2.75, 3.05) is 13.7 Å². The molecular formula is C12H13NO5S3. The topological polar surface area (TPSA) is 92.7 Å². The number of methoxy groups -OCH3 is 1. The molecule has 21 heavy (non-hydrogen) atoms. The van der Waals surface area contributed by atoms with E-state index in [-0.39, 0.29) is 16.3 Å². The first-order valence-corrected chi connectivity index (χ1v) is 9.12. The van der Waals surface area contributed by atoms with E-state index in [9.17, 15) is 18.3 Å². The third-order valence-electron chi connectivity index (χ3n) is 2.68. The van der Waals surface area contributed by atoms with E-state index >= 15 is 0 Å². The number of sulfonamides is 1. The quantitative estimate of drug-likeness (QED) is 0.775. The molecule has 0 saturated carbocycles. The number of esters is 1. The fourth-order valence-electron chi connectivity index (χ4n) is 1.60. The lowest BCUT2D eigenvalue weighted by Gasteiger charge is -2.11. The number of aliphatic hydroxyl groups excluding tert-OH is 1. The van der Waals surface area contributed by atoms with Crippen molar-refractivity contribution in [3.05, 3.63) is 38.7 Å². The average molecular weight is 347 g/mol. The Morgan fingerprint density at radius 2 is 2.19 bits per heavy atom. The van der Waals surface area contributed by atoms with Crippen molar-refractivity contribution in [1.29, 1.82) is 0 Å². The molecule has 0 fully saturated rings. The smallest absolute Gasteiger partial charge is 0.349 e. The maximum atomic E-state index is 12.2. The normalized spacial score (nSPS) is 13.0. The van der Waals surface area contributed by atoms with Crippen molar-refractivity contribution in [3.63, 3.8) is 0 Å². The van der Waals surface area contributed by atoms with Crippen molar-refractivity contribution < 1.29 is 23.1 Å². The summed E-state index contributed by atoms with van der Waals surface area (Å²) in [6.07, 6.45) is -0.939. The summed E-state index contributed by atoms with van der Waals surface area (Å²) in [6.45, 7) is -0.171. The molecule has 2 rings (SSSR count). The van der Waals surface area contributed by atoms with Crippen LogP contribution in [0.3, 0.4) is 0 Å². The number of ether oxygens (including phenoxy) is 1. The molecule has 2 N–H and O–H groups in total. The number of carbonyl (C=O) groups excluding carboxylic acids is 1. The van der Waals surface area contributed by atoms with E-state index in [4.69, 9.17) is 0 Å².